The van der Waals surface area contributed by atoms with Crippen molar-refractivity contribution in [1.29, 1.82) is 0 Å². The fourth-order valence-electron chi connectivity index (χ4n) is 1.82. The van der Waals surface area contributed by atoms with Gasteiger partial charge in [0.2, 0.25) is 0 Å². The average molecular weight is 300 g/mol. The highest BCUT2D eigenvalue weighted by Gasteiger charge is 2.19. The molecule has 22 heavy (non-hydrogen) atoms. The van der Waals surface area contributed by atoms with Gasteiger partial charge in [0, 0.05) is 11.6 Å². The van der Waals surface area contributed by atoms with Gasteiger partial charge >= 0.3 is 5.97 Å². The van der Waals surface area contributed by atoms with Gasteiger partial charge in [-0.15, -0.1) is 0 Å². The first-order valence-corrected chi connectivity index (χ1v) is 6.26. The van der Waals surface area contributed by atoms with Crippen LogP contribution in [0, 0.1) is 10.1 Å². The number of rotatable bonds is 4. The summed E-state index contributed by atoms with van der Waals surface area (Å²) in [5, 5.41) is 13.6. The highest BCUT2D eigenvalue weighted by atomic mass is 16.6. The Morgan fingerprint density at radius 2 is 1.77 bits per heavy atom. The lowest BCUT2D eigenvalue weighted by Gasteiger charge is -2.07. The summed E-state index contributed by atoms with van der Waals surface area (Å²) in [7, 11) is 1.18. The number of nitrogens with zero attached hydrogens (tertiary/aromatic N) is 1. The van der Waals surface area contributed by atoms with Gasteiger partial charge in [-0.3, -0.25) is 14.9 Å². The second-order valence-corrected chi connectivity index (χ2v) is 4.30. The molecule has 2 rings (SSSR count). The fourth-order valence-corrected chi connectivity index (χ4v) is 1.82. The highest BCUT2D eigenvalue weighted by Crippen LogP contribution is 2.26. The summed E-state index contributed by atoms with van der Waals surface area (Å²) in [6.45, 7) is 0. The largest absolute Gasteiger partial charge is 0.465 e. The summed E-state index contributed by atoms with van der Waals surface area (Å²) in [6.07, 6.45) is 0. The molecule has 112 valence electrons. The van der Waals surface area contributed by atoms with Gasteiger partial charge in [0.05, 0.1) is 17.6 Å². The quantitative estimate of drug-likeness (QED) is 0.531. The second kappa shape index (κ2) is 6.49. The first-order valence-electron chi connectivity index (χ1n) is 6.26. The third kappa shape index (κ3) is 3.26. The molecule has 0 aliphatic rings. The van der Waals surface area contributed by atoms with E-state index in [0.717, 1.165) is 6.07 Å². The van der Waals surface area contributed by atoms with Gasteiger partial charge in [0.15, 0.2) is 0 Å². The molecule has 0 bridgehead atoms. The van der Waals surface area contributed by atoms with Crippen LogP contribution in [0.2, 0.25) is 0 Å². The smallest absolute Gasteiger partial charge is 0.338 e. The van der Waals surface area contributed by atoms with E-state index in [1.807, 2.05) is 0 Å². The summed E-state index contributed by atoms with van der Waals surface area (Å²) in [4.78, 5) is 33.9. The summed E-state index contributed by atoms with van der Waals surface area (Å²) in [5.41, 5.74) is 0.0273. The highest BCUT2D eigenvalue weighted by molar-refractivity contribution is 6.05. The van der Waals surface area contributed by atoms with Gasteiger partial charge in [-0.1, -0.05) is 18.2 Å². The number of anilines is 1. The Bertz CT molecular complexity index is 728. The van der Waals surface area contributed by atoms with E-state index in [1.165, 1.54) is 19.2 Å². The van der Waals surface area contributed by atoms with E-state index in [9.17, 15) is 19.7 Å². The minimum absolute atomic E-state index is 0.00602. The van der Waals surface area contributed by atoms with Crippen molar-refractivity contribution >= 4 is 23.3 Å². The van der Waals surface area contributed by atoms with Gasteiger partial charge in [0.25, 0.3) is 11.6 Å². The van der Waals surface area contributed by atoms with Crippen LogP contribution in [-0.2, 0) is 4.74 Å². The van der Waals surface area contributed by atoms with Crippen LogP contribution in [0.25, 0.3) is 0 Å². The van der Waals surface area contributed by atoms with Crippen LogP contribution in [0.4, 0.5) is 11.4 Å². The molecule has 0 saturated carbocycles. The Balaban J connectivity index is 2.33. The molecule has 0 unspecified atom stereocenters. The Hall–Kier alpha value is -3.22. The van der Waals surface area contributed by atoms with Crippen molar-refractivity contribution < 1.29 is 19.2 Å². The van der Waals surface area contributed by atoms with E-state index in [0.29, 0.717) is 5.56 Å². The van der Waals surface area contributed by atoms with Crippen molar-refractivity contribution in [3.05, 3.63) is 69.8 Å². The van der Waals surface area contributed by atoms with Gasteiger partial charge < -0.3 is 10.1 Å². The molecule has 0 aliphatic heterocycles. The molecule has 0 saturated heterocycles. The molecule has 0 heterocycles. The maximum atomic E-state index is 12.0. The van der Waals surface area contributed by atoms with Crippen molar-refractivity contribution in [3.8, 4) is 0 Å². The van der Waals surface area contributed by atoms with Crippen molar-refractivity contribution in [3.63, 3.8) is 0 Å². The number of nitrogens with one attached hydrogen (secondary N) is 1. The molecule has 0 radical (unpaired) electrons. The first-order chi connectivity index (χ1) is 10.5. The molecule has 0 aromatic heterocycles. The van der Waals surface area contributed by atoms with Crippen molar-refractivity contribution in [1.82, 2.24) is 0 Å². The number of methoxy groups -OCH3 is 1. The lowest BCUT2D eigenvalue weighted by atomic mass is 10.1. The van der Waals surface area contributed by atoms with Crippen molar-refractivity contribution in [2.75, 3.05) is 12.4 Å². The number of hydrogen-bond donors (Lipinski definition) is 1. The van der Waals surface area contributed by atoms with E-state index in [1.54, 1.807) is 30.3 Å². The predicted octanol–water partition coefficient (Wildman–Crippen LogP) is 2.63. The molecule has 7 heteroatoms. The van der Waals surface area contributed by atoms with E-state index in [-0.39, 0.29) is 16.9 Å². The van der Waals surface area contributed by atoms with Crippen LogP contribution in [0.1, 0.15) is 20.7 Å². The minimum Gasteiger partial charge on any atom is -0.465 e. The zero-order valence-corrected chi connectivity index (χ0v) is 11.6. The van der Waals surface area contributed by atoms with Gasteiger partial charge in [-0.2, -0.15) is 0 Å². The second-order valence-electron chi connectivity index (χ2n) is 4.30. The average Bonchev–Trinajstić information content (AvgIpc) is 2.55. The maximum Gasteiger partial charge on any atom is 0.338 e. The Morgan fingerprint density at radius 3 is 2.36 bits per heavy atom. The van der Waals surface area contributed by atoms with Gasteiger partial charge in [-0.25, -0.2) is 4.79 Å². The molecule has 0 atom stereocenters. The van der Waals surface area contributed by atoms with Crippen LogP contribution in [0.5, 0.6) is 0 Å². The van der Waals surface area contributed by atoms with E-state index in [4.69, 9.17) is 0 Å². The molecular formula is C15H12N2O5. The molecule has 1 N–H and O–H groups in total. The molecule has 0 aliphatic carbocycles. The van der Waals surface area contributed by atoms with Crippen molar-refractivity contribution in [2.24, 2.45) is 0 Å². The van der Waals surface area contributed by atoms with Crippen LogP contribution in [-0.4, -0.2) is 23.9 Å². The normalized spacial score (nSPS) is 9.86. The molecule has 2 aromatic rings. The number of hydrogen-bond acceptors (Lipinski definition) is 5. The van der Waals surface area contributed by atoms with Crippen molar-refractivity contribution in [2.45, 2.75) is 0 Å². The van der Waals surface area contributed by atoms with Crippen LogP contribution in [0.15, 0.2) is 48.5 Å². The third-order valence-corrected chi connectivity index (χ3v) is 2.90. The number of amides is 1. The number of nitro benzene ring substituents is 1. The Morgan fingerprint density at radius 1 is 1.09 bits per heavy atom. The zero-order valence-electron chi connectivity index (χ0n) is 11.6. The first kappa shape index (κ1) is 15.2. The molecular weight excluding hydrogens is 288 g/mol. The number of nitro groups is 1. The lowest BCUT2D eigenvalue weighted by Crippen LogP contribution is -2.13. The number of esters is 1. The van der Waals surface area contributed by atoms with Gasteiger partial charge in [-0.05, 0) is 24.3 Å². The molecule has 0 fully saturated rings. The van der Waals surface area contributed by atoms with Gasteiger partial charge in [0.1, 0.15) is 5.69 Å². The predicted molar refractivity (Wildman–Crippen MR) is 78.8 cm³/mol. The zero-order chi connectivity index (χ0) is 16.1. The SMILES string of the molecule is COC(=O)c1ccc(NC(=O)c2ccccc2)c([N+](=O)[O-])c1. The van der Waals surface area contributed by atoms with E-state index < -0.39 is 16.8 Å². The van der Waals surface area contributed by atoms with Crippen LogP contribution >= 0.6 is 0 Å². The van der Waals surface area contributed by atoms with E-state index in [2.05, 4.69) is 10.1 Å². The lowest BCUT2D eigenvalue weighted by molar-refractivity contribution is -0.383. The molecule has 2 aromatic carbocycles. The third-order valence-electron chi connectivity index (χ3n) is 2.90. The van der Waals surface area contributed by atoms with E-state index >= 15 is 0 Å². The topological polar surface area (TPSA) is 98.5 Å². The fraction of sp³-hybridized carbons (Fsp3) is 0.0667. The van der Waals surface area contributed by atoms with Crippen LogP contribution in [0.3, 0.4) is 0 Å². The number of benzene rings is 2. The summed E-state index contributed by atoms with van der Waals surface area (Å²) in [5.74, 6) is -1.17. The van der Waals surface area contributed by atoms with Crippen LogP contribution < -0.4 is 5.32 Å². The molecule has 1 amide bonds. The molecule has 7 nitrogen and oxygen atoms in total. The Kier molecular flexibility index (Phi) is 4.47. The Labute approximate surface area is 125 Å². The number of carbonyl (C=O) groups is 2. The maximum absolute atomic E-state index is 12.0. The standard InChI is InChI=1S/C15H12N2O5/c1-22-15(19)11-7-8-12(13(9-11)17(20)21)16-14(18)10-5-3-2-4-6-10/h2-9H,1H3,(H,16,18). The number of carbonyl (C=O) groups excluding carboxylic acids is 2. The summed E-state index contributed by atoms with van der Waals surface area (Å²) >= 11 is 0. The monoisotopic (exact) mass is 300 g/mol. The number of ether oxygens (including phenoxy) is 1. The summed E-state index contributed by atoms with van der Waals surface area (Å²) in [6, 6.07) is 12.0. The molecule has 0 spiro atoms. The minimum atomic E-state index is -0.691. The summed E-state index contributed by atoms with van der Waals surface area (Å²) < 4.78 is 4.51.